The summed E-state index contributed by atoms with van der Waals surface area (Å²) in [7, 11) is 0. The molecule has 2 aromatic carbocycles. The number of alkyl halides is 3. The van der Waals surface area contributed by atoms with Gasteiger partial charge in [0.05, 0.1) is 5.56 Å². The first kappa shape index (κ1) is 27.6. The third-order valence-electron chi connectivity index (χ3n) is 6.26. The Morgan fingerprint density at radius 3 is 2.54 bits per heavy atom. The fourth-order valence-electron chi connectivity index (χ4n) is 4.50. The number of nitrogens with one attached hydrogen (secondary N) is 2. The second-order valence-electron chi connectivity index (χ2n) is 8.89. The molecule has 0 spiro atoms. The van der Waals surface area contributed by atoms with Crippen molar-refractivity contribution in [3.63, 3.8) is 0 Å². The molecular formula is C28H17ClF4N4O4. The van der Waals surface area contributed by atoms with Crippen molar-refractivity contribution in [1.82, 2.24) is 14.5 Å². The van der Waals surface area contributed by atoms with Gasteiger partial charge in [0.2, 0.25) is 0 Å². The number of fused-ring (bicyclic) bond motifs is 1. The fourth-order valence-corrected chi connectivity index (χ4v) is 4.67. The Balaban J connectivity index is 1.52. The van der Waals surface area contributed by atoms with Gasteiger partial charge in [0.25, 0.3) is 11.5 Å². The summed E-state index contributed by atoms with van der Waals surface area (Å²) >= 11 is 6.21. The Kier molecular flexibility index (Phi) is 7.09. The van der Waals surface area contributed by atoms with Gasteiger partial charge < -0.3 is 20.0 Å². The number of amides is 1. The van der Waals surface area contributed by atoms with E-state index in [2.05, 4.69) is 15.3 Å². The Labute approximate surface area is 232 Å². The zero-order chi connectivity index (χ0) is 29.5. The maximum absolute atomic E-state index is 14.0. The lowest BCUT2D eigenvalue weighted by atomic mass is 10.0. The smallest absolute Gasteiger partial charge is 0.419 e. The molecule has 5 aromatic rings. The van der Waals surface area contributed by atoms with E-state index in [1.807, 2.05) is 0 Å². The SMILES string of the molecule is O=C(Nc1cc(Cn2c(C(=O)O)c(-c3ccc[nH]c3=O)c3cc(Cl)ccc32)ccn1)c1ccc(C(F)(F)F)c(F)c1. The molecule has 3 heterocycles. The number of nitrogens with zero attached hydrogens (tertiary/aromatic N) is 2. The molecule has 3 aromatic heterocycles. The molecule has 0 radical (unpaired) electrons. The number of H-pyrrole nitrogens is 1. The third kappa shape index (κ3) is 5.41. The first-order chi connectivity index (χ1) is 19.4. The largest absolute Gasteiger partial charge is 0.477 e. The van der Waals surface area contributed by atoms with Gasteiger partial charge in [-0.3, -0.25) is 9.59 Å². The number of halogens is 5. The van der Waals surface area contributed by atoms with Crippen LogP contribution in [-0.2, 0) is 12.7 Å². The number of carboxylic acids is 1. The number of carbonyl (C=O) groups excluding carboxylic acids is 1. The van der Waals surface area contributed by atoms with Gasteiger partial charge in [0.15, 0.2) is 0 Å². The molecule has 0 bridgehead atoms. The van der Waals surface area contributed by atoms with Gasteiger partial charge in [0, 0.05) is 51.6 Å². The highest BCUT2D eigenvalue weighted by molar-refractivity contribution is 6.31. The molecule has 0 aliphatic rings. The van der Waals surface area contributed by atoms with E-state index in [1.165, 1.54) is 29.1 Å². The van der Waals surface area contributed by atoms with Crippen molar-refractivity contribution in [1.29, 1.82) is 0 Å². The Hall–Kier alpha value is -4.97. The molecule has 5 rings (SSSR count). The maximum Gasteiger partial charge on any atom is 0.419 e. The quantitative estimate of drug-likeness (QED) is 0.205. The van der Waals surface area contributed by atoms with Gasteiger partial charge in [-0.15, -0.1) is 0 Å². The standard InChI is InChI=1S/C28H17ClF4N4O4/c29-16-4-6-21-18(12-16)23(17-2-1-8-35-26(17)39)24(27(40)41)37(21)13-14-7-9-34-22(10-14)36-25(38)15-3-5-19(20(30)11-15)28(31,32)33/h1-12H,13H2,(H,35,39)(H,40,41)(H,34,36,38). The van der Waals surface area contributed by atoms with E-state index >= 15 is 0 Å². The highest BCUT2D eigenvalue weighted by Gasteiger charge is 2.34. The molecule has 208 valence electrons. The summed E-state index contributed by atoms with van der Waals surface area (Å²) in [6.45, 7) is -0.0369. The van der Waals surface area contributed by atoms with Crippen LogP contribution in [0, 0.1) is 5.82 Å². The number of aromatic nitrogens is 3. The van der Waals surface area contributed by atoms with E-state index in [0.29, 0.717) is 33.6 Å². The lowest BCUT2D eigenvalue weighted by Gasteiger charge is -2.12. The third-order valence-corrected chi connectivity index (χ3v) is 6.49. The van der Waals surface area contributed by atoms with Crippen molar-refractivity contribution in [3.05, 3.63) is 117 Å². The van der Waals surface area contributed by atoms with Crippen molar-refractivity contribution >= 4 is 40.2 Å². The molecule has 41 heavy (non-hydrogen) atoms. The van der Waals surface area contributed by atoms with E-state index in [0.717, 1.165) is 6.07 Å². The summed E-state index contributed by atoms with van der Waals surface area (Å²) in [5.74, 6) is -3.81. The summed E-state index contributed by atoms with van der Waals surface area (Å²) in [6, 6.07) is 12.6. The van der Waals surface area contributed by atoms with Crippen molar-refractivity contribution in [2.75, 3.05) is 5.32 Å². The van der Waals surface area contributed by atoms with Crippen LogP contribution in [0.3, 0.4) is 0 Å². The van der Waals surface area contributed by atoms with E-state index in [9.17, 15) is 37.1 Å². The predicted molar refractivity (Wildman–Crippen MR) is 143 cm³/mol. The summed E-state index contributed by atoms with van der Waals surface area (Å²) in [5.41, 5.74) is -1.29. The Morgan fingerprint density at radius 1 is 1.07 bits per heavy atom. The number of benzene rings is 2. The number of carbonyl (C=O) groups is 2. The van der Waals surface area contributed by atoms with Crippen LogP contribution in [0.5, 0.6) is 0 Å². The lowest BCUT2D eigenvalue weighted by Crippen LogP contribution is -2.16. The number of carboxylic acid groups (broad SMARTS) is 1. The Bertz CT molecular complexity index is 1900. The molecule has 0 atom stereocenters. The van der Waals surface area contributed by atoms with Crippen LogP contribution in [0.2, 0.25) is 5.02 Å². The first-order valence-corrected chi connectivity index (χ1v) is 12.2. The van der Waals surface area contributed by atoms with Crippen molar-refractivity contribution < 1.29 is 32.3 Å². The number of aromatic amines is 1. The van der Waals surface area contributed by atoms with Gasteiger partial charge in [-0.2, -0.15) is 13.2 Å². The number of pyridine rings is 2. The summed E-state index contributed by atoms with van der Waals surface area (Å²) in [6.07, 6.45) is -2.15. The molecule has 1 amide bonds. The van der Waals surface area contributed by atoms with Crippen LogP contribution < -0.4 is 10.9 Å². The van der Waals surface area contributed by atoms with E-state index in [-0.39, 0.29) is 34.7 Å². The summed E-state index contributed by atoms with van der Waals surface area (Å²) in [5, 5.41) is 13.4. The second kappa shape index (κ2) is 10.5. The molecule has 13 heteroatoms. The molecule has 0 aliphatic heterocycles. The monoisotopic (exact) mass is 584 g/mol. The Morgan fingerprint density at radius 2 is 1.85 bits per heavy atom. The van der Waals surface area contributed by atoms with Crippen LogP contribution in [0.25, 0.3) is 22.0 Å². The number of anilines is 1. The molecule has 8 nitrogen and oxygen atoms in total. The van der Waals surface area contributed by atoms with Crippen molar-refractivity contribution in [3.8, 4) is 11.1 Å². The van der Waals surface area contributed by atoms with Crippen LogP contribution in [-0.4, -0.2) is 31.5 Å². The first-order valence-electron chi connectivity index (χ1n) is 11.8. The fraction of sp³-hybridized carbons (Fsp3) is 0.0714. The zero-order valence-electron chi connectivity index (χ0n) is 20.6. The average Bonchev–Trinajstić information content (AvgIpc) is 3.21. The second-order valence-corrected chi connectivity index (χ2v) is 9.32. The van der Waals surface area contributed by atoms with Crippen LogP contribution >= 0.6 is 11.6 Å². The maximum atomic E-state index is 14.0. The molecule has 0 saturated carbocycles. The molecule has 0 aliphatic carbocycles. The molecule has 0 unspecified atom stereocenters. The van der Waals surface area contributed by atoms with Gasteiger partial charge in [-0.1, -0.05) is 11.6 Å². The van der Waals surface area contributed by atoms with Crippen molar-refractivity contribution in [2.45, 2.75) is 12.7 Å². The lowest BCUT2D eigenvalue weighted by molar-refractivity contribution is -0.140. The van der Waals surface area contributed by atoms with E-state index < -0.39 is 35.0 Å². The highest BCUT2D eigenvalue weighted by Crippen LogP contribution is 2.36. The number of aromatic carboxylic acids is 1. The highest BCUT2D eigenvalue weighted by atomic mass is 35.5. The molecule has 0 saturated heterocycles. The van der Waals surface area contributed by atoms with Gasteiger partial charge >= 0.3 is 12.1 Å². The van der Waals surface area contributed by atoms with Crippen LogP contribution in [0.15, 0.2) is 77.9 Å². The average molecular weight is 585 g/mol. The predicted octanol–water partition coefficient (Wildman–Crippen LogP) is 6.20. The normalized spacial score (nSPS) is 11.5. The zero-order valence-corrected chi connectivity index (χ0v) is 21.3. The van der Waals surface area contributed by atoms with Gasteiger partial charge in [0.1, 0.15) is 17.3 Å². The van der Waals surface area contributed by atoms with Crippen LogP contribution in [0.4, 0.5) is 23.4 Å². The minimum atomic E-state index is -4.91. The number of hydrogen-bond acceptors (Lipinski definition) is 4. The minimum absolute atomic E-state index is 0.0103. The van der Waals surface area contributed by atoms with E-state index in [1.54, 1.807) is 30.3 Å². The number of hydrogen-bond donors (Lipinski definition) is 3. The minimum Gasteiger partial charge on any atom is -0.477 e. The van der Waals surface area contributed by atoms with E-state index in [4.69, 9.17) is 11.6 Å². The topological polar surface area (TPSA) is 117 Å². The van der Waals surface area contributed by atoms with Crippen LogP contribution in [0.1, 0.15) is 32.0 Å². The van der Waals surface area contributed by atoms with Gasteiger partial charge in [-0.05, 0) is 66.2 Å². The molecular weight excluding hydrogens is 568 g/mol. The van der Waals surface area contributed by atoms with Gasteiger partial charge in [-0.25, -0.2) is 14.2 Å². The molecule has 3 N–H and O–H groups in total. The summed E-state index contributed by atoms with van der Waals surface area (Å²) < 4.78 is 54.0. The molecule has 0 fully saturated rings. The summed E-state index contributed by atoms with van der Waals surface area (Å²) in [4.78, 5) is 44.3. The number of rotatable bonds is 6. The van der Waals surface area contributed by atoms with Crippen molar-refractivity contribution in [2.24, 2.45) is 0 Å².